The van der Waals surface area contributed by atoms with Crippen LogP contribution in [-0.2, 0) is 76.1 Å². The predicted octanol–water partition coefficient (Wildman–Crippen LogP) is 5.12. The third-order valence-corrected chi connectivity index (χ3v) is 11.0. The first-order valence-corrected chi connectivity index (χ1v) is 23.9. The summed E-state index contributed by atoms with van der Waals surface area (Å²) in [6.45, 7) is 16.7. The summed E-state index contributed by atoms with van der Waals surface area (Å²) in [5.74, 6) is -3.29. The second-order valence-electron chi connectivity index (χ2n) is 18.8. The van der Waals surface area contributed by atoms with Crippen molar-refractivity contribution in [3.8, 4) is 23.0 Å². The number of benzene rings is 4. The van der Waals surface area contributed by atoms with E-state index >= 15 is 0 Å². The summed E-state index contributed by atoms with van der Waals surface area (Å²) < 4.78 is 10.8. The molecule has 8 aromatic rings. The molecule has 0 aliphatic rings. The molecule has 0 fully saturated rings. The van der Waals surface area contributed by atoms with E-state index in [1.54, 1.807) is 0 Å². The van der Waals surface area contributed by atoms with Gasteiger partial charge in [-0.2, -0.15) is 0 Å². The first-order chi connectivity index (χ1) is 36.2. The molecule has 18 nitrogen and oxygen atoms in total. The number of rotatable bonds is 16. The number of carboxylic acid groups (broad SMARTS) is 4. The molecule has 0 saturated carbocycles. The molecule has 80 heavy (non-hydrogen) atoms. The van der Waals surface area contributed by atoms with Crippen LogP contribution in [-0.4, -0.2) is 64.7 Å². The monoisotopic (exact) mass is 1190 g/mol. The fraction of sp³-hybridized carbons (Fsp3) is 0.200. The van der Waals surface area contributed by atoms with Gasteiger partial charge < -0.3 is 60.0 Å². The van der Waals surface area contributed by atoms with E-state index in [0.29, 0.717) is 23.0 Å². The maximum absolute atomic E-state index is 10.6. The van der Waals surface area contributed by atoms with Crippen LogP contribution in [0.3, 0.4) is 0 Å². The Morgan fingerprint density at radius 1 is 0.350 bits per heavy atom. The van der Waals surface area contributed by atoms with Crippen molar-refractivity contribution in [2.24, 2.45) is 0 Å². The molecule has 0 aliphatic heterocycles. The van der Waals surface area contributed by atoms with Crippen LogP contribution < -0.4 is 29.9 Å². The van der Waals surface area contributed by atoms with Crippen molar-refractivity contribution in [2.45, 2.75) is 78.8 Å². The van der Waals surface area contributed by atoms with Gasteiger partial charge in [-0.05, 0) is 209 Å². The van der Waals surface area contributed by atoms with Gasteiger partial charge in [0.15, 0.2) is 0 Å². The van der Waals surface area contributed by atoms with E-state index in [0.717, 1.165) is 49.0 Å². The van der Waals surface area contributed by atoms with Crippen LogP contribution in [0.5, 0.6) is 23.0 Å². The summed E-state index contributed by atoms with van der Waals surface area (Å²) in [4.78, 5) is 64.7. The van der Waals surface area contributed by atoms with Crippen molar-refractivity contribution in [3.63, 3.8) is 0 Å². The van der Waals surface area contributed by atoms with Crippen molar-refractivity contribution in [3.05, 3.63) is 240 Å². The van der Waals surface area contributed by atoms with Gasteiger partial charge in [0.1, 0.15) is 23.0 Å². The topological polar surface area (TPSA) is 303 Å². The number of hydrogen-bond donors (Lipinski definition) is 0. The number of pyridine rings is 4. The third-order valence-electron chi connectivity index (χ3n) is 11.0. The normalized spacial score (nSPS) is 10.3. The van der Waals surface area contributed by atoms with Crippen molar-refractivity contribution in [2.75, 3.05) is 0 Å². The van der Waals surface area contributed by atoms with Crippen LogP contribution in [0, 0.1) is 0 Å². The fourth-order valence-electron chi connectivity index (χ4n) is 6.72. The molecule has 0 atom stereocenters. The number of aromatic nitrogens is 4. The summed E-state index contributed by atoms with van der Waals surface area (Å²) in [5.41, 5.74) is 4.74. The molecule has 0 amide bonds. The molecular formula is C60H64N6O12Zn2+2. The van der Waals surface area contributed by atoms with Crippen LogP contribution in [0.4, 0.5) is 0 Å². The van der Waals surface area contributed by atoms with Gasteiger partial charge in [0.05, 0.1) is 46.7 Å². The Labute approximate surface area is 491 Å². The number of carbonyl (C=O) groups excluding carboxylic acids is 4. The molecule has 0 bridgehead atoms. The quantitative estimate of drug-likeness (QED) is 0.0896. The van der Waals surface area contributed by atoms with E-state index in [2.05, 4.69) is 95.5 Å². The van der Waals surface area contributed by atoms with Gasteiger partial charge in [-0.25, -0.2) is 0 Å². The molecule has 8 rings (SSSR count). The summed E-state index contributed by atoms with van der Waals surface area (Å²) in [6, 6.07) is 46.9. The second kappa shape index (κ2) is 34.8. The van der Waals surface area contributed by atoms with Gasteiger partial charge >= 0.3 is 39.0 Å². The number of carboxylic acids is 4. The Hall–Kier alpha value is -7.95. The first kappa shape index (κ1) is 70.1. The molecule has 0 aliphatic carbocycles. The summed E-state index contributed by atoms with van der Waals surface area (Å²) in [7, 11) is 0. The first-order valence-electron chi connectivity index (χ1n) is 23.9. The van der Waals surface area contributed by atoms with E-state index in [1.807, 2.05) is 73.3 Å². The largest absolute Gasteiger partial charge is 2.00 e. The van der Waals surface area contributed by atoms with E-state index in [4.69, 9.17) is 9.47 Å². The minimum atomic E-state index is -1.26. The Morgan fingerprint density at radius 3 is 0.675 bits per heavy atom. The molecule has 20 heteroatoms. The summed E-state index contributed by atoms with van der Waals surface area (Å²) in [6.07, 6.45) is 7.38. The molecule has 0 unspecified atom stereocenters. The smallest absolute Gasteiger partial charge is 0.545 e. The fourth-order valence-corrected chi connectivity index (χ4v) is 6.72. The Morgan fingerprint density at radius 2 is 0.537 bits per heavy atom. The summed E-state index contributed by atoms with van der Waals surface area (Å²) >= 11 is 0. The van der Waals surface area contributed by atoms with Crippen LogP contribution in [0.25, 0.3) is 0 Å². The minimum Gasteiger partial charge on any atom is -0.545 e. The van der Waals surface area contributed by atoms with Gasteiger partial charge in [0.25, 0.3) is 0 Å². The third kappa shape index (κ3) is 24.8. The zero-order valence-electron chi connectivity index (χ0n) is 45.6. The Bertz CT molecular complexity index is 2640. The number of ether oxygens (including phenoxy) is 2. The van der Waals surface area contributed by atoms with E-state index in [1.165, 1.54) is 97.1 Å². The number of hydrogen-bond acceptors (Lipinski definition) is 16. The van der Waals surface area contributed by atoms with Crippen LogP contribution >= 0.6 is 0 Å². The maximum atomic E-state index is 10.6. The average molecular weight is 1190 g/mol. The second-order valence-corrected chi connectivity index (χ2v) is 18.8. The van der Waals surface area contributed by atoms with Crippen molar-refractivity contribution >= 4 is 23.9 Å². The van der Waals surface area contributed by atoms with E-state index in [9.17, 15) is 39.6 Å². The average Bonchev–Trinajstić information content (AvgIpc) is 3.40. The molecule has 4 aromatic carbocycles. The number of aromatic carboxylic acids is 4. The molecular weight excluding hydrogens is 1130 g/mol. The van der Waals surface area contributed by atoms with Crippen molar-refractivity contribution in [1.29, 1.82) is 0 Å². The van der Waals surface area contributed by atoms with Crippen LogP contribution in [0.15, 0.2) is 195 Å². The number of carbonyl (C=O) groups is 4. The molecule has 0 saturated heterocycles. The van der Waals surface area contributed by atoms with Crippen LogP contribution in [0.2, 0.25) is 0 Å². The van der Waals surface area contributed by atoms with Gasteiger partial charge in [-0.1, -0.05) is 24.3 Å². The minimum absolute atomic E-state index is 0. The standard InChI is InChI=1S/2C16H21N3.2C14H10O5.2H2O.2Zn/c2*1-16(2,3)19(12-14-8-4-6-10-17-14)13-15-9-5-7-11-18-15;2*15-13(16)9-1-5-11(6-2-9)19-12-7-3-10(4-8-12)14(17)18;;;;/h2*4-11H,12-13H2,1-3H3;2*1-8H,(H,15,16)(H,17,18);2*1H2;;/q;;;;;;2*+2/p-2. The zero-order chi connectivity index (χ0) is 55.1. The van der Waals surface area contributed by atoms with Crippen molar-refractivity contribution in [1.82, 2.24) is 29.7 Å². The van der Waals surface area contributed by atoms with Gasteiger partial charge in [-0.3, -0.25) is 29.7 Å². The Balaban J connectivity index is 0.000000525. The maximum Gasteiger partial charge on any atom is 2.00 e. The van der Waals surface area contributed by atoms with E-state index < -0.39 is 23.9 Å². The molecule has 408 valence electrons. The zero-order valence-corrected chi connectivity index (χ0v) is 51.6. The van der Waals surface area contributed by atoms with Crippen LogP contribution in [0.1, 0.15) is 106 Å². The predicted molar refractivity (Wildman–Crippen MR) is 288 cm³/mol. The molecule has 4 aromatic heterocycles. The van der Waals surface area contributed by atoms with Gasteiger partial charge in [0.2, 0.25) is 0 Å². The van der Waals surface area contributed by atoms with Crippen molar-refractivity contribution < 1.29 is 99.0 Å². The van der Waals surface area contributed by atoms with Gasteiger partial charge in [-0.15, -0.1) is 0 Å². The van der Waals surface area contributed by atoms with Gasteiger partial charge in [0, 0.05) is 62.0 Å². The molecule has 4 heterocycles. The Kier molecular flexibility index (Phi) is 30.5. The SMILES string of the molecule is CC(C)(C)N(Cc1ccccn1)Cc1ccccn1.CC(C)(C)N(Cc1ccccn1)Cc1ccccn1.O=C([O-])c1ccc(Oc2ccc(C(=O)[O-])cc2)cc1.O=C([O-])c1ccc(Oc2ccc(C(=O)[O-])cc2)cc1.[OH3+].[OH3+].[Zn+2].[Zn+2]. The molecule has 0 spiro atoms. The number of nitrogens with zero attached hydrogens (tertiary/aromatic N) is 6. The van der Waals surface area contributed by atoms with E-state index in [-0.39, 0.29) is 83.2 Å². The summed E-state index contributed by atoms with van der Waals surface area (Å²) in [5, 5.41) is 42.2. The molecule has 6 N–H and O–H groups in total. The molecule has 0 radical (unpaired) electrons.